The van der Waals surface area contributed by atoms with Gasteiger partial charge in [0.1, 0.15) is 0 Å². The van der Waals surface area contributed by atoms with Crippen molar-refractivity contribution in [2.24, 2.45) is 0 Å². The number of allylic oxidation sites excluding steroid dienone is 6. The molecule has 0 radical (unpaired) electrons. The molecule has 0 unspecified atom stereocenters. The second kappa shape index (κ2) is 14.5. The van der Waals surface area contributed by atoms with Gasteiger partial charge in [0.15, 0.2) is 0 Å². The third kappa shape index (κ3) is 14.6. The lowest BCUT2D eigenvalue weighted by molar-refractivity contribution is -0.137. The largest absolute Gasteiger partial charge is 0.481 e. The lowest BCUT2D eigenvalue weighted by atomic mass is 9.98. The molecule has 0 saturated carbocycles. The Morgan fingerprint density at radius 2 is 1.62 bits per heavy atom. The molecule has 0 rings (SSSR count). The van der Waals surface area contributed by atoms with E-state index in [1.165, 1.54) is 0 Å². The van der Waals surface area contributed by atoms with Crippen molar-refractivity contribution in [3.05, 3.63) is 48.6 Å². The summed E-state index contributed by atoms with van der Waals surface area (Å²) in [4.78, 5) is 10.5. The summed E-state index contributed by atoms with van der Waals surface area (Å²) < 4.78 is 0. The van der Waals surface area contributed by atoms with E-state index in [1.807, 2.05) is 0 Å². The van der Waals surface area contributed by atoms with E-state index in [4.69, 9.17) is 5.11 Å². The second-order valence-electron chi connectivity index (χ2n) is 6.67. The molecule has 0 amide bonds. The number of aliphatic carboxylic acids is 1. The highest BCUT2D eigenvalue weighted by atomic mass is 16.4. The molecule has 0 spiro atoms. The van der Waals surface area contributed by atoms with E-state index in [0.717, 1.165) is 19.3 Å². The fraction of sp³-hybridized carbons (Fsp3) is 0.571. The van der Waals surface area contributed by atoms with Gasteiger partial charge in [0, 0.05) is 6.42 Å². The van der Waals surface area contributed by atoms with Gasteiger partial charge in [0.2, 0.25) is 0 Å². The van der Waals surface area contributed by atoms with Crippen molar-refractivity contribution >= 4 is 5.97 Å². The summed E-state index contributed by atoms with van der Waals surface area (Å²) >= 11 is 0. The summed E-state index contributed by atoms with van der Waals surface area (Å²) in [7, 11) is 0. The van der Waals surface area contributed by atoms with Gasteiger partial charge in [-0.05, 0) is 26.2 Å². The van der Waals surface area contributed by atoms with E-state index in [1.54, 1.807) is 55.5 Å². The van der Waals surface area contributed by atoms with Crippen LogP contribution in [0.3, 0.4) is 0 Å². The number of unbranched alkanes of at least 4 members (excludes halogenated alkanes) is 2. The Morgan fingerprint density at radius 1 is 1.00 bits per heavy atom. The summed E-state index contributed by atoms with van der Waals surface area (Å²) in [5, 5.41) is 38.2. The van der Waals surface area contributed by atoms with E-state index in [2.05, 4.69) is 6.92 Å². The lowest BCUT2D eigenvalue weighted by Crippen LogP contribution is -2.23. The number of aliphatic hydroxyl groups is 3. The quantitative estimate of drug-likeness (QED) is 0.278. The SMILES string of the molecule is CCCCC[C@@H](O)[C@@H](O)/C=C/C=C/C=C\C=C\[C@@](C)(O)CCCC(=O)O. The standard InChI is InChI=1S/C21H34O5/c1-3-4-9-13-18(22)19(23)14-10-7-5-6-8-11-16-21(2,26)17-12-15-20(24)25/h5-8,10-11,14,16,18-19,22-23,26H,3-4,9,12-13,15,17H2,1-2H3,(H,24,25)/b7-5+,8-6-,14-10+,16-11+/t18-,19+,21-/m1/s1. The Hall–Kier alpha value is -1.69. The third-order valence-corrected chi connectivity index (χ3v) is 3.89. The van der Waals surface area contributed by atoms with Crippen LogP contribution in [0, 0.1) is 0 Å². The molecule has 0 aliphatic carbocycles. The minimum absolute atomic E-state index is 0.0497. The van der Waals surface area contributed by atoms with Crippen molar-refractivity contribution in [3.63, 3.8) is 0 Å². The minimum Gasteiger partial charge on any atom is -0.481 e. The minimum atomic E-state index is -1.03. The van der Waals surface area contributed by atoms with Gasteiger partial charge in [-0.3, -0.25) is 4.79 Å². The summed E-state index contributed by atoms with van der Waals surface area (Å²) in [6.07, 6.45) is 16.6. The van der Waals surface area contributed by atoms with Crippen LogP contribution in [0.25, 0.3) is 0 Å². The Bertz CT molecular complexity index is 489. The second-order valence-corrected chi connectivity index (χ2v) is 6.67. The number of carboxylic acid groups (broad SMARTS) is 1. The molecule has 0 aromatic heterocycles. The molecule has 4 N–H and O–H groups in total. The molecule has 5 nitrogen and oxygen atoms in total. The molecule has 148 valence electrons. The van der Waals surface area contributed by atoms with Crippen LogP contribution in [0.4, 0.5) is 0 Å². The van der Waals surface area contributed by atoms with Gasteiger partial charge in [0.05, 0.1) is 17.8 Å². The van der Waals surface area contributed by atoms with E-state index in [0.29, 0.717) is 19.3 Å². The van der Waals surface area contributed by atoms with Crippen molar-refractivity contribution in [2.45, 2.75) is 76.6 Å². The fourth-order valence-electron chi connectivity index (χ4n) is 2.28. The first kappa shape index (κ1) is 24.3. The molecule has 26 heavy (non-hydrogen) atoms. The third-order valence-electron chi connectivity index (χ3n) is 3.89. The Labute approximate surface area is 157 Å². The van der Waals surface area contributed by atoms with Gasteiger partial charge >= 0.3 is 5.97 Å². The molecule has 0 aromatic carbocycles. The van der Waals surface area contributed by atoms with E-state index < -0.39 is 23.8 Å². The first-order valence-electron chi connectivity index (χ1n) is 9.28. The van der Waals surface area contributed by atoms with Gasteiger partial charge in [-0.25, -0.2) is 0 Å². The van der Waals surface area contributed by atoms with Crippen LogP contribution in [-0.2, 0) is 4.79 Å². The normalized spacial score (nSPS) is 17.4. The molecule has 0 saturated heterocycles. The van der Waals surface area contributed by atoms with Crippen molar-refractivity contribution in [2.75, 3.05) is 0 Å². The van der Waals surface area contributed by atoms with Crippen LogP contribution in [0.15, 0.2) is 48.6 Å². The monoisotopic (exact) mass is 366 g/mol. The molecule has 5 heteroatoms. The van der Waals surface area contributed by atoms with E-state index in [9.17, 15) is 20.1 Å². The van der Waals surface area contributed by atoms with Crippen LogP contribution >= 0.6 is 0 Å². The molecule has 3 atom stereocenters. The molecule has 0 bridgehead atoms. The Kier molecular flexibility index (Phi) is 13.5. The van der Waals surface area contributed by atoms with Gasteiger partial charge in [-0.15, -0.1) is 0 Å². The average Bonchev–Trinajstić information content (AvgIpc) is 2.56. The maximum Gasteiger partial charge on any atom is 0.303 e. The van der Waals surface area contributed by atoms with Gasteiger partial charge < -0.3 is 20.4 Å². The molecule has 0 fully saturated rings. The Morgan fingerprint density at radius 3 is 2.23 bits per heavy atom. The summed E-state index contributed by atoms with van der Waals surface area (Å²) in [5.74, 6) is -0.860. The lowest BCUT2D eigenvalue weighted by Gasteiger charge is -2.17. The first-order valence-corrected chi connectivity index (χ1v) is 9.28. The molecule has 0 aromatic rings. The van der Waals surface area contributed by atoms with Gasteiger partial charge in [-0.2, -0.15) is 0 Å². The molecule has 0 aliphatic heterocycles. The maximum atomic E-state index is 10.5. The van der Waals surface area contributed by atoms with Crippen LogP contribution in [0.1, 0.15) is 58.8 Å². The Balaban J connectivity index is 4.13. The molecular formula is C21H34O5. The highest BCUT2D eigenvalue weighted by Gasteiger charge is 2.15. The van der Waals surface area contributed by atoms with Crippen LogP contribution in [0.5, 0.6) is 0 Å². The smallest absolute Gasteiger partial charge is 0.303 e. The van der Waals surface area contributed by atoms with E-state index in [-0.39, 0.29) is 6.42 Å². The number of hydrogen-bond donors (Lipinski definition) is 4. The fourth-order valence-corrected chi connectivity index (χ4v) is 2.28. The number of carbonyl (C=O) groups is 1. The molecular weight excluding hydrogens is 332 g/mol. The molecule has 0 heterocycles. The number of rotatable bonds is 14. The zero-order valence-electron chi connectivity index (χ0n) is 15.9. The van der Waals surface area contributed by atoms with Crippen molar-refractivity contribution < 1.29 is 25.2 Å². The van der Waals surface area contributed by atoms with Crippen molar-refractivity contribution in [1.29, 1.82) is 0 Å². The summed E-state index contributed by atoms with van der Waals surface area (Å²) in [6.45, 7) is 3.74. The average molecular weight is 366 g/mol. The van der Waals surface area contributed by atoms with Crippen LogP contribution < -0.4 is 0 Å². The van der Waals surface area contributed by atoms with Crippen molar-refractivity contribution in [1.82, 2.24) is 0 Å². The number of aliphatic hydroxyl groups excluding tert-OH is 2. The topological polar surface area (TPSA) is 98.0 Å². The molecule has 0 aliphatic rings. The summed E-state index contributed by atoms with van der Waals surface area (Å²) in [6, 6.07) is 0. The van der Waals surface area contributed by atoms with Crippen molar-refractivity contribution in [3.8, 4) is 0 Å². The maximum absolute atomic E-state index is 10.5. The number of carboxylic acids is 1. The van der Waals surface area contributed by atoms with Gasteiger partial charge in [-0.1, -0.05) is 74.8 Å². The summed E-state index contributed by atoms with van der Waals surface area (Å²) in [5.41, 5.74) is -1.03. The zero-order chi connectivity index (χ0) is 19.8. The predicted molar refractivity (Wildman–Crippen MR) is 105 cm³/mol. The highest BCUT2D eigenvalue weighted by Crippen LogP contribution is 2.15. The van der Waals surface area contributed by atoms with Gasteiger partial charge in [0.25, 0.3) is 0 Å². The highest BCUT2D eigenvalue weighted by molar-refractivity contribution is 5.66. The number of hydrogen-bond acceptors (Lipinski definition) is 4. The van der Waals surface area contributed by atoms with E-state index >= 15 is 0 Å². The van der Waals surface area contributed by atoms with Crippen LogP contribution in [0.2, 0.25) is 0 Å². The van der Waals surface area contributed by atoms with Crippen LogP contribution in [-0.4, -0.2) is 44.2 Å². The zero-order valence-corrected chi connectivity index (χ0v) is 15.9. The predicted octanol–water partition coefficient (Wildman–Crippen LogP) is 3.52. The first-order chi connectivity index (χ1) is 12.3.